The molecule has 0 spiro atoms. The summed E-state index contributed by atoms with van der Waals surface area (Å²) < 4.78 is 5.71. The fraction of sp³-hybridized carbons (Fsp3) is 0.529. The zero-order valence-corrected chi connectivity index (χ0v) is 12.7. The van der Waals surface area contributed by atoms with E-state index in [1.165, 1.54) is 19.3 Å². The second-order valence-corrected chi connectivity index (χ2v) is 4.86. The van der Waals surface area contributed by atoms with E-state index in [4.69, 9.17) is 4.74 Å². The highest BCUT2D eigenvalue weighted by molar-refractivity contribution is 5.45. The Bertz CT molecular complexity index is 349. The van der Waals surface area contributed by atoms with Crippen LogP contribution in [0.25, 0.3) is 0 Å². The lowest BCUT2D eigenvalue weighted by Gasteiger charge is -2.07. The number of ether oxygens (including phenoxy) is 1. The number of anilines is 1. The molecule has 3 heteroatoms. The summed E-state index contributed by atoms with van der Waals surface area (Å²) in [5.74, 6) is 0.954. The normalized spacial score (nSPS) is 10.2. The number of benzene rings is 1. The minimum atomic E-state index is 0.808. The summed E-state index contributed by atoms with van der Waals surface area (Å²) in [5.41, 5.74) is 1.11. The number of hydrogen-bond donors (Lipinski definition) is 2. The van der Waals surface area contributed by atoms with Gasteiger partial charge in [0.25, 0.3) is 0 Å². The van der Waals surface area contributed by atoms with Crippen molar-refractivity contribution in [2.24, 2.45) is 0 Å². The lowest BCUT2D eigenvalue weighted by molar-refractivity contribution is 0.304. The Kier molecular flexibility index (Phi) is 9.41. The molecular weight excluding hydrogens is 248 g/mol. The smallest absolute Gasteiger partial charge is 0.119 e. The van der Waals surface area contributed by atoms with Crippen molar-refractivity contribution in [1.82, 2.24) is 5.32 Å². The molecule has 0 bridgehead atoms. The third-order valence-electron chi connectivity index (χ3n) is 3.18. The minimum absolute atomic E-state index is 0.808. The molecule has 0 saturated heterocycles. The van der Waals surface area contributed by atoms with E-state index in [-0.39, 0.29) is 0 Å². The van der Waals surface area contributed by atoms with Gasteiger partial charge in [-0.05, 0) is 56.6 Å². The van der Waals surface area contributed by atoms with Gasteiger partial charge in [0.1, 0.15) is 5.75 Å². The Balaban J connectivity index is 1.92. The van der Waals surface area contributed by atoms with Gasteiger partial charge in [-0.15, -0.1) is 6.58 Å². The first-order valence-corrected chi connectivity index (χ1v) is 7.59. The molecule has 0 aliphatic carbocycles. The van der Waals surface area contributed by atoms with Gasteiger partial charge in [0.15, 0.2) is 0 Å². The maximum Gasteiger partial charge on any atom is 0.119 e. The van der Waals surface area contributed by atoms with Crippen molar-refractivity contribution >= 4 is 5.69 Å². The maximum atomic E-state index is 5.71. The zero-order valence-electron chi connectivity index (χ0n) is 12.7. The SMILES string of the molecule is C=CCCNCCCCCCOc1ccc(NC)cc1. The molecule has 0 aliphatic heterocycles. The van der Waals surface area contributed by atoms with Crippen LogP contribution in [0.2, 0.25) is 0 Å². The molecule has 0 unspecified atom stereocenters. The van der Waals surface area contributed by atoms with E-state index in [1.54, 1.807) is 0 Å². The molecule has 0 saturated carbocycles. The van der Waals surface area contributed by atoms with Crippen molar-refractivity contribution in [3.8, 4) is 5.75 Å². The third kappa shape index (κ3) is 7.85. The van der Waals surface area contributed by atoms with E-state index in [9.17, 15) is 0 Å². The van der Waals surface area contributed by atoms with E-state index >= 15 is 0 Å². The van der Waals surface area contributed by atoms with E-state index < -0.39 is 0 Å². The molecule has 0 amide bonds. The lowest BCUT2D eigenvalue weighted by atomic mass is 10.2. The molecule has 0 radical (unpaired) electrons. The Hall–Kier alpha value is -1.48. The van der Waals surface area contributed by atoms with Gasteiger partial charge in [0.05, 0.1) is 6.61 Å². The summed E-state index contributed by atoms with van der Waals surface area (Å²) in [7, 11) is 1.92. The minimum Gasteiger partial charge on any atom is -0.494 e. The molecule has 0 atom stereocenters. The van der Waals surface area contributed by atoms with Crippen LogP contribution in [-0.2, 0) is 0 Å². The summed E-state index contributed by atoms with van der Waals surface area (Å²) in [6.07, 6.45) is 7.88. The molecule has 1 rings (SSSR count). The van der Waals surface area contributed by atoms with Crippen LogP contribution in [0.1, 0.15) is 32.1 Å². The van der Waals surface area contributed by atoms with Gasteiger partial charge in [0.2, 0.25) is 0 Å². The molecule has 112 valence electrons. The quantitative estimate of drug-likeness (QED) is 0.449. The number of unbranched alkanes of at least 4 members (excludes halogenated alkanes) is 3. The number of rotatable bonds is 12. The Labute approximate surface area is 123 Å². The van der Waals surface area contributed by atoms with Crippen LogP contribution in [0, 0.1) is 0 Å². The van der Waals surface area contributed by atoms with Gasteiger partial charge in [0, 0.05) is 12.7 Å². The first-order valence-electron chi connectivity index (χ1n) is 7.59. The van der Waals surface area contributed by atoms with Crippen LogP contribution in [0.15, 0.2) is 36.9 Å². The van der Waals surface area contributed by atoms with Crippen LogP contribution >= 0.6 is 0 Å². The Morgan fingerprint density at radius 1 is 1.05 bits per heavy atom. The molecule has 0 fully saturated rings. The molecule has 3 nitrogen and oxygen atoms in total. The van der Waals surface area contributed by atoms with Gasteiger partial charge < -0.3 is 15.4 Å². The second-order valence-electron chi connectivity index (χ2n) is 4.86. The highest BCUT2D eigenvalue weighted by Crippen LogP contribution is 2.15. The molecule has 2 N–H and O–H groups in total. The summed E-state index contributed by atoms with van der Waals surface area (Å²) in [6.45, 7) is 6.68. The van der Waals surface area contributed by atoms with Gasteiger partial charge in [-0.25, -0.2) is 0 Å². The summed E-state index contributed by atoms with van der Waals surface area (Å²) in [5, 5.41) is 6.50. The van der Waals surface area contributed by atoms with Gasteiger partial charge in [-0.2, -0.15) is 0 Å². The molecule has 0 heterocycles. The van der Waals surface area contributed by atoms with Crippen molar-refractivity contribution in [2.75, 3.05) is 32.1 Å². The fourth-order valence-electron chi connectivity index (χ4n) is 1.94. The predicted molar refractivity (Wildman–Crippen MR) is 87.6 cm³/mol. The standard InChI is InChI=1S/C17H28N2O/c1-3-4-13-19-14-7-5-6-8-15-20-17-11-9-16(18-2)10-12-17/h3,9-12,18-19H,1,4-8,13-15H2,2H3. The van der Waals surface area contributed by atoms with Crippen molar-refractivity contribution in [3.05, 3.63) is 36.9 Å². The van der Waals surface area contributed by atoms with E-state index in [2.05, 4.69) is 17.2 Å². The summed E-state index contributed by atoms with van der Waals surface area (Å²) in [6, 6.07) is 8.08. The van der Waals surface area contributed by atoms with Crippen molar-refractivity contribution < 1.29 is 4.74 Å². The first kappa shape index (κ1) is 16.6. The van der Waals surface area contributed by atoms with Gasteiger partial charge >= 0.3 is 0 Å². The second kappa shape index (κ2) is 11.4. The highest BCUT2D eigenvalue weighted by Gasteiger charge is 1.95. The van der Waals surface area contributed by atoms with Crippen molar-refractivity contribution in [1.29, 1.82) is 0 Å². The van der Waals surface area contributed by atoms with Crippen LogP contribution in [0.5, 0.6) is 5.75 Å². The maximum absolute atomic E-state index is 5.71. The van der Waals surface area contributed by atoms with Gasteiger partial charge in [-0.1, -0.05) is 18.9 Å². The van der Waals surface area contributed by atoms with Crippen LogP contribution in [-0.4, -0.2) is 26.7 Å². The van der Waals surface area contributed by atoms with Crippen molar-refractivity contribution in [2.45, 2.75) is 32.1 Å². The van der Waals surface area contributed by atoms with E-state index in [1.807, 2.05) is 37.4 Å². The zero-order chi connectivity index (χ0) is 14.5. The predicted octanol–water partition coefficient (Wildman–Crippen LogP) is 3.83. The van der Waals surface area contributed by atoms with Crippen LogP contribution in [0.4, 0.5) is 5.69 Å². The molecular formula is C17H28N2O. The lowest BCUT2D eigenvalue weighted by Crippen LogP contribution is -2.15. The highest BCUT2D eigenvalue weighted by atomic mass is 16.5. The van der Waals surface area contributed by atoms with Crippen molar-refractivity contribution in [3.63, 3.8) is 0 Å². The molecule has 1 aromatic carbocycles. The third-order valence-corrected chi connectivity index (χ3v) is 3.18. The average Bonchev–Trinajstić information content (AvgIpc) is 2.50. The number of hydrogen-bond acceptors (Lipinski definition) is 3. The number of nitrogens with one attached hydrogen (secondary N) is 2. The first-order chi connectivity index (χ1) is 9.86. The monoisotopic (exact) mass is 276 g/mol. The van der Waals surface area contributed by atoms with E-state index in [0.29, 0.717) is 0 Å². The molecule has 0 aliphatic rings. The molecule has 1 aromatic rings. The fourth-order valence-corrected chi connectivity index (χ4v) is 1.94. The molecule has 20 heavy (non-hydrogen) atoms. The average molecular weight is 276 g/mol. The van der Waals surface area contributed by atoms with E-state index in [0.717, 1.165) is 44.0 Å². The summed E-state index contributed by atoms with van der Waals surface area (Å²) >= 11 is 0. The topological polar surface area (TPSA) is 33.3 Å². The Morgan fingerprint density at radius 2 is 1.80 bits per heavy atom. The Morgan fingerprint density at radius 3 is 2.50 bits per heavy atom. The van der Waals surface area contributed by atoms with Gasteiger partial charge in [-0.3, -0.25) is 0 Å². The van der Waals surface area contributed by atoms with Crippen LogP contribution < -0.4 is 15.4 Å². The van der Waals surface area contributed by atoms with Crippen LogP contribution in [0.3, 0.4) is 0 Å². The summed E-state index contributed by atoms with van der Waals surface area (Å²) in [4.78, 5) is 0. The molecule has 0 aromatic heterocycles. The largest absolute Gasteiger partial charge is 0.494 e.